The summed E-state index contributed by atoms with van der Waals surface area (Å²) < 4.78 is 0. The smallest absolute Gasteiger partial charge is 0.239 e. The first-order valence-electron chi connectivity index (χ1n) is 7.84. The van der Waals surface area contributed by atoms with Crippen LogP contribution in [0.3, 0.4) is 0 Å². The lowest BCUT2D eigenvalue weighted by Crippen LogP contribution is -2.47. The maximum absolute atomic E-state index is 11.9. The van der Waals surface area contributed by atoms with Crippen molar-refractivity contribution in [2.75, 3.05) is 13.1 Å². The number of nitrogens with zero attached hydrogens (tertiary/aromatic N) is 1. The number of nitrogens with two attached hydrogens (primary N) is 1. The summed E-state index contributed by atoms with van der Waals surface area (Å²) in [6.07, 6.45) is 6.66. The van der Waals surface area contributed by atoms with Crippen LogP contribution in [-0.4, -0.2) is 23.9 Å². The zero-order valence-electron chi connectivity index (χ0n) is 12.0. The number of hydrogen-bond donors (Lipinski definition) is 1. The highest BCUT2D eigenvalue weighted by molar-refractivity contribution is 5.81. The van der Waals surface area contributed by atoms with Gasteiger partial charge in [-0.15, -0.1) is 0 Å². The number of fused-ring (bicyclic) bond motifs is 1. The van der Waals surface area contributed by atoms with E-state index in [1.165, 1.54) is 32.1 Å². The number of piperidine rings is 1. The van der Waals surface area contributed by atoms with Gasteiger partial charge in [-0.2, -0.15) is 0 Å². The van der Waals surface area contributed by atoms with Crippen LogP contribution in [0.1, 0.15) is 43.7 Å². The Kier molecular flexibility index (Phi) is 4.06. The zero-order chi connectivity index (χ0) is 13.9. The number of carbonyl (C=O) groups excluding carboxylic acids is 1. The van der Waals surface area contributed by atoms with Crippen LogP contribution in [0.2, 0.25) is 0 Å². The lowest BCUT2D eigenvalue weighted by atomic mass is 9.74. The zero-order valence-corrected chi connectivity index (χ0v) is 12.0. The Labute approximate surface area is 121 Å². The van der Waals surface area contributed by atoms with Crippen LogP contribution in [0.5, 0.6) is 0 Å². The fourth-order valence-corrected chi connectivity index (χ4v) is 4.05. The third kappa shape index (κ3) is 2.73. The summed E-state index contributed by atoms with van der Waals surface area (Å²) in [5.74, 6) is 1.43. The molecular weight excluding hydrogens is 248 g/mol. The first kappa shape index (κ1) is 13.6. The van der Waals surface area contributed by atoms with E-state index in [9.17, 15) is 4.79 Å². The predicted molar refractivity (Wildman–Crippen MR) is 80.0 cm³/mol. The topological polar surface area (TPSA) is 46.3 Å². The van der Waals surface area contributed by atoms with Gasteiger partial charge >= 0.3 is 0 Å². The van der Waals surface area contributed by atoms with E-state index in [0.29, 0.717) is 0 Å². The lowest BCUT2D eigenvalue weighted by Gasteiger charge is -2.43. The van der Waals surface area contributed by atoms with E-state index < -0.39 is 0 Å². The van der Waals surface area contributed by atoms with Gasteiger partial charge in [0, 0.05) is 6.54 Å². The minimum absolute atomic E-state index is 0.217. The Bertz CT molecular complexity index is 459. The molecular formula is C17H24N2O. The van der Waals surface area contributed by atoms with Crippen LogP contribution in [0.15, 0.2) is 30.3 Å². The number of primary amides is 1. The van der Waals surface area contributed by atoms with Gasteiger partial charge in [0.1, 0.15) is 6.04 Å². The van der Waals surface area contributed by atoms with Crippen molar-refractivity contribution in [2.45, 2.75) is 38.1 Å². The number of carbonyl (C=O) groups is 1. The fourth-order valence-electron chi connectivity index (χ4n) is 4.05. The predicted octanol–water partition coefficient (Wildman–Crippen LogP) is 2.73. The first-order valence-corrected chi connectivity index (χ1v) is 7.84. The fraction of sp³-hybridized carbons (Fsp3) is 0.588. The second kappa shape index (κ2) is 5.96. The minimum Gasteiger partial charge on any atom is -0.368 e. The molecule has 1 aliphatic heterocycles. The average molecular weight is 272 g/mol. The summed E-state index contributed by atoms with van der Waals surface area (Å²) in [5, 5.41) is 0. The maximum Gasteiger partial charge on any atom is 0.239 e. The van der Waals surface area contributed by atoms with Crippen LogP contribution in [0.25, 0.3) is 0 Å². The van der Waals surface area contributed by atoms with Crippen molar-refractivity contribution >= 4 is 5.91 Å². The Morgan fingerprint density at radius 1 is 1.10 bits per heavy atom. The molecule has 1 heterocycles. The van der Waals surface area contributed by atoms with Crippen molar-refractivity contribution in [3.05, 3.63) is 35.9 Å². The van der Waals surface area contributed by atoms with Crippen molar-refractivity contribution in [3.8, 4) is 0 Å². The number of benzene rings is 1. The highest BCUT2D eigenvalue weighted by Gasteiger charge is 2.35. The van der Waals surface area contributed by atoms with Gasteiger partial charge < -0.3 is 5.73 Å². The van der Waals surface area contributed by atoms with Gasteiger partial charge in [-0.1, -0.05) is 49.6 Å². The van der Waals surface area contributed by atoms with Crippen molar-refractivity contribution < 1.29 is 4.79 Å². The van der Waals surface area contributed by atoms with Gasteiger partial charge in [0.25, 0.3) is 0 Å². The third-order valence-corrected chi connectivity index (χ3v) is 5.07. The summed E-state index contributed by atoms with van der Waals surface area (Å²) in [5.41, 5.74) is 6.72. The molecule has 3 heteroatoms. The summed E-state index contributed by atoms with van der Waals surface area (Å²) in [6, 6.07) is 9.73. The maximum atomic E-state index is 11.9. The molecule has 0 spiro atoms. The summed E-state index contributed by atoms with van der Waals surface area (Å²) in [7, 11) is 0. The van der Waals surface area contributed by atoms with E-state index >= 15 is 0 Å². The molecule has 2 aliphatic rings. The molecule has 0 aromatic heterocycles. The molecule has 108 valence electrons. The molecule has 1 amide bonds. The van der Waals surface area contributed by atoms with Crippen molar-refractivity contribution in [3.63, 3.8) is 0 Å². The Morgan fingerprint density at radius 3 is 2.50 bits per heavy atom. The van der Waals surface area contributed by atoms with E-state index in [4.69, 9.17) is 5.73 Å². The van der Waals surface area contributed by atoms with Gasteiger partial charge in [-0.25, -0.2) is 0 Å². The van der Waals surface area contributed by atoms with Crippen LogP contribution in [0.4, 0.5) is 0 Å². The SMILES string of the molecule is NC(=O)[C@H](c1ccccc1)N1CC[C@@H]2CCCC[C@@H]2C1. The third-order valence-electron chi connectivity index (χ3n) is 5.07. The number of amides is 1. The molecule has 0 unspecified atom stereocenters. The van der Waals surface area contributed by atoms with Crippen LogP contribution in [-0.2, 0) is 4.79 Å². The number of hydrogen-bond acceptors (Lipinski definition) is 2. The average Bonchev–Trinajstić information content (AvgIpc) is 2.48. The molecule has 20 heavy (non-hydrogen) atoms. The first-order chi connectivity index (χ1) is 9.75. The monoisotopic (exact) mass is 272 g/mol. The Balaban J connectivity index is 1.77. The van der Waals surface area contributed by atoms with Crippen LogP contribution < -0.4 is 5.73 Å². The molecule has 0 radical (unpaired) electrons. The molecule has 1 aliphatic carbocycles. The van der Waals surface area contributed by atoms with E-state index in [1.54, 1.807) is 0 Å². The highest BCUT2D eigenvalue weighted by atomic mass is 16.1. The molecule has 2 fully saturated rings. The second-order valence-electron chi connectivity index (χ2n) is 6.30. The van der Waals surface area contributed by atoms with Crippen molar-refractivity contribution in [1.82, 2.24) is 4.90 Å². The molecule has 1 aromatic rings. The number of rotatable bonds is 3. The second-order valence-corrected chi connectivity index (χ2v) is 6.30. The van der Waals surface area contributed by atoms with Crippen molar-refractivity contribution in [2.24, 2.45) is 17.6 Å². The summed E-state index contributed by atoms with van der Waals surface area (Å²) in [4.78, 5) is 14.2. The standard InChI is InChI=1S/C17H24N2O/c18-17(20)16(14-7-2-1-3-8-14)19-11-10-13-6-4-5-9-15(13)12-19/h1-3,7-8,13,15-16H,4-6,9-12H2,(H2,18,20)/t13-,15+,16-/m0/s1. The van der Waals surface area contributed by atoms with Crippen molar-refractivity contribution in [1.29, 1.82) is 0 Å². The van der Waals surface area contributed by atoms with E-state index in [0.717, 1.165) is 30.5 Å². The molecule has 2 N–H and O–H groups in total. The largest absolute Gasteiger partial charge is 0.368 e. The molecule has 3 nitrogen and oxygen atoms in total. The Hall–Kier alpha value is -1.35. The molecule has 3 rings (SSSR count). The van der Waals surface area contributed by atoms with E-state index in [-0.39, 0.29) is 11.9 Å². The minimum atomic E-state index is -0.251. The van der Waals surface area contributed by atoms with Crippen LogP contribution in [0, 0.1) is 11.8 Å². The lowest BCUT2D eigenvalue weighted by molar-refractivity contribution is -0.124. The summed E-state index contributed by atoms with van der Waals surface area (Å²) >= 11 is 0. The van der Waals surface area contributed by atoms with Gasteiger partial charge in [-0.05, 0) is 36.8 Å². The van der Waals surface area contributed by atoms with Crippen LogP contribution >= 0.6 is 0 Å². The van der Waals surface area contributed by atoms with Gasteiger partial charge in [0.05, 0.1) is 0 Å². The van der Waals surface area contributed by atoms with Gasteiger partial charge in [-0.3, -0.25) is 9.69 Å². The Morgan fingerprint density at radius 2 is 1.80 bits per heavy atom. The quantitative estimate of drug-likeness (QED) is 0.919. The van der Waals surface area contributed by atoms with E-state index in [1.807, 2.05) is 30.3 Å². The van der Waals surface area contributed by atoms with Gasteiger partial charge in [0.15, 0.2) is 0 Å². The normalized spacial score (nSPS) is 28.6. The van der Waals surface area contributed by atoms with Gasteiger partial charge in [0.2, 0.25) is 5.91 Å². The molecule has 1 saturated heterocycles. The number of likely N-dealkylation sites (tertiary alicyclic amines) is 1. The summed E-state index contributed by atoms with van der Waals surface area (Å²) in [6.45, 7) is 2.04. The molecule has 1 saturated carbocycles. The molecule has 1 aromatic carbocycles. The highest BCUT2D eigenvalue weighted by Crippen LogP contribution is 2.38. The molecule has 0 bridgehead atoms. The molecule has 3 atom stereocenters. The van der Waals surface area contributed by atoms with E-state index in [2.05, 4.69) is 4.90 Å².